The minimum atomic E-state index is -0.183. The second-order valence-electron chi connectivity index (χ2n) is 5.26. The average Bonchev–Trinajstić information content (AvgIpc) is 2.16. The molecular formula is C13H24N2O. The standard InChI is InChI=1S/C13H24N2O/c1-3-14-12(7-5-8-12)11(16)13(15-4-2)9-6-10-13/h14-15H,3-10H2,1-2H3. The van der Waals surface area contributed by atoms with Gasteiger partial charge in [-0.3, -0.25) is 4.79 Å². The minimum Gasteiger partial charge on any atom is -0.305 e. The zero-order valence-electron chi connectivity index (χ0n) is 10.6. The lowest BCUT2D eigenvalue weighted by molar-refractivity contribution is -0.139. The predicted octanol–water partition coefficient (Wildman–Crippen LogP) is 1.62. The lowest BCUT2D eigenvalue weighted by atomic mass is 9.61. The van der Waals surface area contributed by atoms with E-state index in [0.717, 1.165) is 38.8 Å². The Labute approximate surface area is 98.4 Å². The summed E-state index contributed by atoms with van der Waals surface area (Å²) in [5, 5.41) is 6.88. The number of likely N-dealkylation sites (N-methyl/N-ethyl adjacent to an activating group) is 2. The van der Waals surface area contributed by atoms with Crippen molar-refractivity contribution in [2.75, 3.05) is 13.1 Å². The van der Waals surface area contributed by atoms with Crippen LogP contribution in [0.2, 0.25) is 0 Å². The molecule has 0 aromatic rings. The number of carbonyl (C=O) groups is 1. The summed E-state index contributed by atoms with van der Waals surface area (Å²) in [6.45, 7) is 5.98. The molecule has 0 atom stereocenters. The third-order valence-corrected chi connectivity index (χ3v) is 4.31. The van der Waals surface area contributed by atoms with Gasteiger partial charge in [0, 0.05) is 0 Å². The largest absolute Gasteiger partial charge is 0.305 e. The van der Waals surface area contributed by atoms with Crippen molar-refractivity contribution in [3.63, 3.8) is 0 Å². The van der Waals surface area contributed by atoms with Crippen LogP contribution in [0.15, 0.2) is 0 Å². The molecular weight excluding hydrogens is 200 g/mol. The molecule has 92 valence electrons. The Kier molecular flexibility index (Phi) is 3.36. The van der Waals surface area contributed by atoms with E-state index in [4.69, 9.17) is 0 Å². The lowest BCUT2D eigenvalue weighted by Crippen LogP contribution is -2.70. The highest BCUT2D eigenvalue weighted by molar-refractivity contribution is 5.98. The number of nitrogens with one attached hydrogen (secondary N) is 2. The van der Waals surface area contributed by atoms with Gasteiger partial charge in [-0.15, -0.1) is 0 Å². The highest BCUT2D eigenvalue weighted by Gasteiger charge is 2.54. The molecule has 3 heteroatoms. The first-order valence-electron chi connectivity index (χ1n) is 6.74. The molecule has 2 aliphatic rings. The number of carbonyl (C=O) groups excluding carboxylic acids is 1. The van der Waals surface area contributed by atoms with Crippen molar-refractivity contribution < 1.29 is 4.79 Å². The Balaban J connectivity index is 2.09. The Morgan fingerprint density at radius 2 is 1.31 bits per heavy atom. The summed E-state index contributed by atoms with van der Waals surface area (Å²) < 4.78 is 0. The fourth-order valence-electron chi connectivity index (χ4n) is 3.16. The maximum atomic E-state index is 12.7. The fraction of sp³-hybridized carbons (Fsp3) is 0.923. The second kappa shape index (κ2) is 4.46. The van der Waals surface area contributed by atoms with Gasteiger partial charge in [-0.05, 0) is 51.6 Å². The molecule has 0 unspecified atom stereocenters. The van der Waals surface area contributed by atoms with E-state index in [2.05, 4.69) is 24.5 Å². The van der Waals surface area contributed by atoms with Crippen LogP contribution < -0.4 is 10.6 Å². The van der Waals surface area contributed by atoms with Gasteiger partial charge in [0.15, 0.2) is 5.78 Å². The molecule has 0 aliphatic heterocycles. The maximum absolute atomic E-state index is 12.7. The quantitative estimate of drug-likeness (QED) is 0.720. The predicted molar refractivity (Wildman–Crippen MR) is 65.5 cm³/mol. The molecule has 0 bridgehead atoms. The molecule has 0 heterocycles. The summed E-state index contributed by atoms with van der Waals surface area (Å²) in [5.41, 5.74) is -0.366. The number of ketones is 1. The van der Waals surface area contributed by atoms with Gasteiger partial charge in [-0.2, -0.15) is 0 Å². The summed E-state index contributed by atoms with van der Waals surface area (Å²) in [4.78, 5) is 12.7. The van der Waals surface area contributed by atoms with Gasteiger partial charge in [0.2, 0.25) is 0 Å². The molecule has 2 rings (SSSR count). The minimum absolute atomic E-state index is 0.183. The van der Waals surface area contributed by atoms with Crippen molar-refractivity contribution in [2.24, 2.45) is 0 Å². The van der Waals surface area contributed by atoms with Crippen molar-refractivity contribution in [3.8, 4) is 0 Å². The van der Waals surface area contributed by atoms with E-state index in [-0.39, 0.29) is 11.1 Å². The van der Waals surface area contributed by atoms with Gasteiger partial charge < -0.3 is 10.6 Å². The first-order chi connectivity index (χ1) is 7.69. The zero-order valence-corrected chi connectivity index (χ0v) is 10.6. The number of rotatable bonds is 6. The van der Waals surface area contributed by atoms with Crippen molar-refractivity contribution in [3.05, 3.63) is 0 Å². The molecule has 3 nitrogen and oxygen atoms in total. The van der Waals surface area contributed by atoms with Gasteiger partial charge in [-0.1, -0.05) is 13.8 Å². The third kappa shape index (κ3) is 1.70. The van der Waals surface area contributed by atoms with Crippen LogP contribution in [0.5, 0.6) is 0 Å². The SMILES string of the molecule is CCNC1(C(=O)C2(NCC)CCC2)CCC1. The number of hydrogen-bond acceptors (Lipinski definition) is 3. The van der Waals surface area contributed by atoms with Crippen LogP contribution in [-0.4, -0.2) is 30.0 Å². The Hall–Kier alpha value is -0.410. The van der Waals surface area contributed by atoms with E-state index < -0.39 is 0 Å². The Morgan fingerprint density at radius 3 is 1.50 bits per heavy atom. The van der Waals surface area contributed by atoms with Crippen LogP contribution in [0, 0.1) is 0 Å². The first kappa shape index (κ1) is 12.1. The maximum Gasteiger partial charge on any atom is 0.172 e. The van der Waals surface area contributed by atoms with E-state index in [0.29, 0.717) is 5.78 Å². The fourth-order valence-corrected chi connectivity index (χ4v) is 3.16. The molecule has 2 N–H and O–H groups in total. The van der Waals surface area contributed by atoms with Crippen LogP contribution in [-0.2, 0) is 4.79 Å². The van der Waals surface area contributed by atoms with Gasteiger partial charge in [-0.25, -0.2) is 0 Å². The first-order valence-corrected chi connectivity index (χ1v) is 6.74. The van der Waals surface area contributed by atoms with Gasteiger partial charge in [0.25, 0.3) is 0 Å². The van der Waals surface area contributed by atoms with Crippen molar-refractivity contribution in [1.29, 1.82) is 0 Å². The normalized spacial score (nSPS) is 25.6. The van der Waals surface area contributed by atoms with E-state index in [9.17, 15) is 4.79 Å². The lowest BCUT2D eigenvalue weighted by Gasteiger charge is -2.51. The zero-order chi connectivity index (χ0) is 11.6. The molecule has 2 fully saturated rings. The van der Waals surface area contributed by atoms with E-state index in [1.54, 1.807) is 0 Å². The Bertz CT molecular complexity index is 241. The molecule has 0 radical (unpaired) electrons. The van der Waals surface area contributed by atoms with Crippen molar-refractivity contribution in [1.82, 2.24) is 10.6 Å². The number of hydrogen-bond donors (Lipinski definition) is 2. The molecule has 16 heavy (non-hydrogen) atoms. The molecule has 0 amide bonds. The molecule has 0 aromatic heterocycles. The molecule has 2 aliphatic carbocycles. The second-order valence-corrected chi connectivity index (χ2v) is 5.26. The highest BCUT2D eigenvalue weighted by atomic mass is 16.1. The summed E-state index contributed by atoms with van der Waals surface area (Å²) in [5.74, 6) is 0.446. The topological polar surface area (TPSA) is 41.1 Å². The summed E-state index contributed by atoms with van der Waals surface area (Å²) >= 11 is 0. The smallest absolute Gasteiger partial charge is 0.172 e. The van der Waals surface area contributed by atoms with E-state index in [1.807, 2.05) is 0 Å². The van der Waals surface area contributed by atoms with Crippen LogP contribution in [0.3, 0.4) is 0 Å². The van der Waals surface area contributed by atoms with Crippen LogP contribution in [0.25, 0.3) is 0 Å². The summed E-state index contributed by atoms with van der Waals surface area (Å²) in [6, 6.07) is 0. The Morgan fingerprint density at radius 1 is 0.938 bits per heavy atom. The van der Waals surface area contributed by atoms with Gasteiger partial charge >= 0.3 is 0 Å². The molecule has 2 saturated carbocycles. The van der Waals surface area contributed by atoms with Crippen LogP contribution in [0.4, 0.5) is 0 Å². The van der Waals surface area contributed by atoms with Crippen LogP contribution >= 0.6 is 0 Å². The van der Waals surface area contributed by atoms with Crippen LogP contribution in [0.1, 0.15) is 52.4 Å². The summed E-state index contributed by atoms with van der Waals surface area (Å²) in [7, 11) is 0. The van der Waals surface area contributed by atoms with Gasteiger partial charge in [0.05, 0.1) is 11.1 Å². The average molecular weight is 224 g/mol. The van der Waals surface area contributed by atoms with Crippen molar-refractivity contribution in [2.45, 2.75) is 63.5 Å². The molecule has 0 saturated heterocycles. The summed E-state index contributed by atoms with van der Waals surface area (Å²) in [6.07, 6.45) is 6.53. The van der Waals surface area contributed by atoms with E-state index in [1.165, 1.54) is 12.8 Å². The highest BCUT2D eigenvalue weighted by Crippen LogP contribution is 2.42. The number of Topliss-reactive ketones (excluding diaryl/α,β-unsaturated/α-hetero) is 1. The third-order valence-electron chi connectivity index (χ3n) is 4.31. The van der Waals surface area contributed by atoms with Crippen molar-refractivity contribution >= 4 is 5.78 Å². The molecule has 0 aromatic carbocycles. The monoisotopic (exact) mass is 224 g/mol. The van der Waals surface area contributed by atoms with Gasteiger partial charge in [0.1, 0.15) is 0 Å². The van der Waals surface area contributed by atoms with E-state index >= 15 is 0 Å². The molecule has 0 spiro atoms.